The lowest BCUT2D eigenvalue weighted by atomic mass is 9.87. The van der Waals surface area contributed by atoms with E-state index in [9.17, 15) is 9.90 Å². The Hall–Kier alpha value is -2.29. The fraction of sp³-hybridized carbons (Fsp3) is 0.474. The molecule has 1 fully saturated rings. The summed E-state index contributed by atoms with van der Waals surface area (Å²) in [7, 11) is 3.10. The van der Waals surface area contributed by atoms with Crippen LogP contribution in [0.5, 0.6) is 11.5 Å². The Bertz CT molecular complexity index is 763. The number of piperidine rings is 1. The third kappa shape index (κ3) is 4.40. The third-order valence-corrected chi connectivity index (χ3v) is 5.05. The number of hydrogen-bond donors (Lipinski definition) is 3. The zero-order chi connectivity index (χ0) is 19.3. The molecule has 0 spiro atoms. The van der Waals surface area contributed by atoms with Gasteiger partial charge < -0.3 is 25.2 Å². The molecule has 0 aliphatic carbocycles. The van der Waals surface area contributed by atoms with Gasteiger partial charge in [0, 0.05) is 24.5 Å². The smallest absolute Gasteiger partial charge is 0.248 e. The van der Waals surface area contributed by atoms with Gasteiger partial charge in [-0.15, -0.1) is 12.4 Å². The second-order valence-electron chi connectivity index (χ2n) is 6.57. The van der Waals surface area contributed by atoms with Crippen LogP contribution in [0.15, 0.2) is 36.7 Å². The molecule has 154 valence electrons. The number of nitrogens with one attached hydrogen (secondary N) is 2. The monoisotopic (exact) mass is 410 g/mol. The maximum atomic E-state index is 13.1. The van der Waals surface area contributed by atoms with Crippen LogP contribution >= 0.6 is 12.4 Å². The van der Waals surface area contributed by atoms with Crippen molar-refractivity contribution in [3.63, 3.8) is 0 Å². The van der Waals surface area contributed by atoms with Crippen LogP contribution in [0, 0.1) is 0 Å². The van der Waals surface area contributed by atoms with E-state index >= 15 is 0 Å². The van der Waals surface area contributed by atoms with Gasteiger partial charge in [0.05, 0.1) is 20.3 Å². The summed E-state index contributed by atoms with van der Waals surface area (Å²) in [6.07, 6.45) is 3.84. The van der Waals surface area contributed by atoms with Crippen molar-refractivity contribution in [2.45, 2.75) is 24.5 Å². The zero-order valence-corrected chi connectivity index (χ0v) is 16.9. The van der Waals surface area contributed by atoms with Gasteiger partial charge in [-0.1, -0.05) is 0 Å². The molecule has 2 heterocycles. The molecule has 1 atom stereocenters. The summed E-state index contributed by atoms with van der Waals surface area (Å²) in [4.78, 5) is 13.1. The van der Waals surface area contributed by atoms with Crippen molar-refractivity contribution < 1.29 is 19.4 Å². The predicted octanol–water partition coefficient (Wildman–Crippen LogP) is 1.25. The molecular weight excluding hydrogens is 384 g/mol. The quantitative estimate of drug-likeness (QED) is 0.635. The van der Waals surface area contributed by atoms with Crippen LogP contribution in [-0.2, 0) is 10.3 Å². The van der Waals surface area contributed by atoms with Gasteiger partial charge in [-0.05, 0) is 50.2 Å². The number of aliphatic hydroxyl groups excluding tert-OH is 1. The molecule has 1 amide bonds. The van der Waals surface area contributed by atoms with E-state index in [4.69, 9.17) is 9.47 Å². The minimum absolute atomic E-state index is 0. The fourth-order valence-corrected chi connectivity index (χ4v) is 3.49. The van der Waals surface area contributed by atoms with E-state index < -0.39 is 11.6 Å². The van der Waals surface area contributed by atoms with E-state index in [2.05, 4.69) is 15.7 Å². The number of nitrogens with zero attached hydrogens (tertiary/aromatic N) is 2. The summed E-state index contributed by atoms with van der Waals surface area (Å²) in [5.74, 6) is 1.01. The second kappa shape index (κ2) is 9.77. The van der Waals surface area contributed by atoms with Crippen molar-refractivity contribution in [3.05, 3.63) is 42.2 Å². The first-order valence-electron chi connectivity index (χ1n) is 9.00. The molecule has 0 radical (unpaired) electrons. The topological polar surface area (TPSA) is 97.6 Å². The maximum Gasteiger partial charge on any atom is 0.248 e. The first-order chi connectivity index (χ1) is 13.1. The molecule has 2 aromatic rings. The van der Waals surface area contributed by atoms with Crippen molar-refractivity contribution >= 4 is 18.3 Å². The normalized spacial score (nSPS) is 16.5. The number of ether oxygens (including phenoxy) is 2. The Morgan fingerprint density at radius 3 is 2.71 bits per heavy atom. The van der Waals surface area contributed by atoms with Gasteiger partial charge in [0.1, 0.15) is 17.0 Å². The number of carbonyl (C=O) groups is 1. The van der Waals surface area contributed by atoms with Crippen LogP contribution in [0.25, 0.3) is 0 Å². The molecule has 1 aliphatic heterocycles. The van der Waals surface area contributed by atoms with Gasteiger partial charge in [-0.25, -0.2) is 0 Å². The average molecular weight is 411 g/mol. The molecule has 3 rings (SSSR count). The number of carbonyl (C=O) groups excluding carboxylic acids is 1. The third-order valence-electron chi connectivity index (χ3n) is 5.05. The van der Waals surface area contributed by atoms with Gasteiger partial charge in [-0.3, -0.25) is 9.48 Å². The number of methoxy groups -OCH3 is 2. The molecular formula is C19H27ClN4O4. The average Bonchev–Trinajstić information content (AvgIpc) is 3.27. The van der Waals surface area contributed by atoms with Crippen LogP contribution in [0.1, 0.15) is 24.5 Å². The van der Waals surface area contributed by atoms with Crippen molar-refractivity contribution in [1.82, 2.24) is 20.4 Å². The standard InChI is InChI=1S/C19H26N4O4.ClH/c1-26-14-4-5-17(27-2)15(12-14)16(24)13-21-18(25)19(6-9-20-10-7-19)23-11-3-8-22-23;/h3-5,8,11-12,16,20,24H,6-7,9-10,13H2,1-2H3,(H,21,25);1H. The van der Waals surface area contributed by atoms with Gasteiger partial charge >= 0.3 is 0 Å². The van der Waals surface area contributed by atoms with Crippen LogP contribution in [0.4, 0.5) is 0 Å². The number of rotatable bonds is 7. The van der Waals surface area contributed by atoms with Crippen LogP contribution in [0.3, 0.4) is 0 Å². The molecule has 9 heteroatoms. The lowest BCUT2D eigenvalue weighted by Crippen LogP contribution is -2.55. The Labute approximate surface area is 170 Å². The number of benzene rings is 1. The molecule has 1 saturated heterocycles. The van der Waals surface area contributed by atoms with Crippen LogP contribution < -0.4 is 20.1 Å². The summed E-state index contributed by atoms with van der Waals surface area (Å²) in [6.45, 7) is 1.54. The summed E-state index contributed by atoms with van der Waals surface area (Å²) in [5, 5.41) is 21.1. The van der Waals surface area contributed by atoms with Crippen molar-refractivity contribution in [2.24, 2.45) is 0 Å². The summed E-state index contributed by atoms with van der Waals surface area (Å²) in [6, 6.07) is 7.02. The molecule has 1 aliphatic rings. The predicted molar refractivity (Wildman–Crippen MR) is 107 cm³/mol. The highest BCUT2D eigenvalue weighted by molar-refractivity contribution is 5.85. The highest BCUT2D eigenvalue weighted by Crippen LogP contribution is 2.30. The van der Waals surface area contributed by atoms with Gasteiger partial charge in [0.15, 0.2) is 0 Å². The lowest BCUT2D eigenvalue weighted by molar-refractivity contribution is -0.132. The first-order valence-corrected chi connectivity index (χ1v) is 9.00. The first kappa shape index (κ1) is 22.0. The molecule has 0 bridgehead atoms. The molecule has 8 nitrogen and oxygen atoms in total. The summed E-state index contributed by atoms with van der Waals surface area (Å²) < 4.78 is 12.3. The van der Waals surface area contributed by atoms with Crippen LogP contribution in [0.2, 0.25) is 0 Å². The highest BCUT2D eigenvalue weighted by Gasteiger charge is 2.42. The van der Waals surface area contributed by atoms with E-state index in [1.165, 1.54) is 0 Å². The highest BCUT2D eigenvalue weighted by atomic mass is 35.5. The summed E-state index contributed by atoms with van der Waals surface area (Å²) >= 11 is 0. The van der Waals surface area contributed by atoms with Crippen molar-refractivity contribution in [3.8, 4) is 11.5 Å². The molecule has 1 aromatic heterocycles. The zero-order valence-electron chi connectivity index (χ0n) is 16.1. The maximum absolute atomic E-state index is 13.1. The fourth-order valence-electron chi connectivity index (χ4n) is 3.49. The minimum atomic E-state index is -0.921. The number of aromatic nitrogens is 2. The number of hydrogen-bond acceptors (Lipinski definition) is 6. The van der Waals surface area contributed by atoms with Crippen LogP contribution in [-0.4, -0.2) is 54.6 Å². The van der Waals surface area contributed by atoms with E-state index in [0.29, 0.717) is 29.9 Å². The van der Waals surface area contributed by atoms with E-state index in [1.54, 1.807) is 43.3 Å². The number of aliphatic hydroxyl groups is 1. The molecule has 1 aromatic carbocycles. The Morgan fingerprint density at radius 1 is 1.36 bits per heavy atom. The minimum Gasteiger partial charge on any atom is -0.497 e. The Balaban J connectivity index is 0.00000280. The lowest BCUT2D eigenvalue weighted by Gasteiger charge is -2.36. The molecule has 28 heavy (non-hydrogen) atoms. The Morgan fingerprint density at radius 2 is 2.11 bits per heavy atom. The number of halogens is 1. The second-order valence-corrected chi connectivity index (χ2v) is 6.57. The van der Waals surface area contributed by atoms with E-state index in [1.807, 2.05) is 12.3 Å². The Kier molecular flexibility index (Phi) is 7.68. The molecule has 1 unspecified atom stereocenters. The van der Waals surface area contributed by atoms with Crippen molar-refractivity contribution in [1.29, 1.82) is 0 Å². The van der Waals surface area contributed by atoms with E-state index in [0.717, 1.165) is 13.1 Å². The number of amides is 1. The molecule has 3 N–H and O–H groups in total. The molecule has 0 saturated carbocycles. The van der Waals surface area contributed by atoms with E-state index in [-0.39, 0.29) is 24.9 Å². The van der Waals surface area contributed by atoms with Gasteiger partial charge in [0.25, 0.3) is 0 Å². The SMILES string of the molecule is COc1ccc(OC)c(C(O)CNC(=O)C2(n3cccn3)CCNCC2)c1.Cl. The van der Waals surface area contributed by atoms with Gasteiger partial charge in [0.2, 0.25) is 5.91 Å². The largest absolute Gasteiger partial charge is 0.497 e. The summed E-state index contributed by atoms with van der Waals surface area (Å²) in [5.41, 5.74) is -0.178. The van der Waals surface area contributed by atoms with Crippen molar-refractivity contribution in [2.75, 3.05) is 33.9 Å². The van der Waals surface area contributed by atoms with Gasteiger partial charge in [-0.2, -0.15) is 5.10 Å².